The van der Waals surface area contributed by atoms with Crippen molar-refractivity contribution in [2.45, 2.75) is 18.9 Å². The predicted molar refractivity (Wildman–Crippen MR) is 101 cm³/mol. The van der Waals surface area contributed by atoms with Crippen molar-refractivity contribution >= 4 is 29.1 Å². The van der Waals surface area contributed by atoms with Crippen molar-refractivity contribution in [1.82, 2.24) is 5.32 Å². The zero-order chi connectivity index (χ0) is 18.7. The van der Waals surface area contributed by atoms with Crippen molar-refractivity contribution in [3.8, 4) is 0 Å². The molecule has 0 spiro atoms. The number of rotatable bonds is 5. The molecule has 0 radical (unpaired) electrons. The first-order valence-electron chi connectivity index (χ1n) is 8.48. The minimum absolute atomic E-state index is 0.0590. The maximum Gasteiger partial charge on any atom is 0.227 e. The van der Waals surface area contributed by atoms with Crippen LogP contribution >= 0.6 is 11.6 Å². The van der Waals surface area contributed by atoms with Gasteiger partial charge in [0.1, 0.15) is 5.60 Å². The Bertz CT molecular complexity index is 790. The SMILES string of the molecule is CC(O)(CNC(=O)C1CC(=O)N(c2ccccc2)C1)c1ccc(Cl)cc1. The Morgan fingerprint density at radius 3 is 2.54 bits per heavy atom. The lowest BCUT2D eigenvalue weighted by atomic mass is 9.95. The van der Waals surface area contributed by atoms with Gasteiger partial charge in [-0.3, -0.25) is 9.59 Å². The molecule has 1 aliphatic heterocycles. The number of aliphatic hydroxyl groups is 1. The quantitative estimate of drug-likeness (QED) is 0.847. The molecule has 136 valence electrons. The van der Waals surface area contributed by atoms with Gasteiger partial charge in [-0.15, -0.1) is 0 Å². The van der Waals surface area contributed by atoms with Crippen molar-refractivity contribution in [3.05, 3.63) is 65.2 Å². The van der Waals surface area contributed by atoms with Crippen LogP contribution in [-0.2, 0) is 15.2 Å². The van der Waals surface area contributed by atoms with Gasteiger partial charge >= 0.3 is 0 Å². The monoisotopic (exact) mass is 372 g/mol. The van der Waals surface area contributed by atoms with E-state index in [2.05, 4.69) is 5.32 Å². The highest BCUT2D eigenvalue weighted by Crippen LogP contribution is 2.26. The fraction of sp³-hybridized carbons (Fsp3) is 0.300. The van der Waals surface area contributed by atoms with Gasteiger partial charge in [-0.2, -0.15) is 0 Å². The molecule has 5 nitrogen and oxygen atoms in total. The number of halogens is 1. The number of carbonyl (C=O) groups is 2. The summed E-state index contributed by atoms with van der Waals surface area (Å²) in [4.78, 5) is 26.3. The Kier molecular flexibility index (Phi) is 5.30. The molecule has 2 amide bonds. The van der Waals surface area contributed by atoms with Crippen LogP contribution in [0.1, 0.15) is 18.9 Å². The largest absolute Gasteiger partial charge is 0.384 e. The molecule has 26 heavy (non-hydrogen) atoms. The zero-order valence-corrected chi connectivity index (χ0v) is 15.2. The highest BCUT2D eigenvalue weighted by atomic mass is 35.5. The van der Waals surface area contributed by atoms with E-state index in [0.29, 0.717) is 17.1 Å². The molecule has 0 bridgehead atoms. The topological polar surface area (TPSA) is 69.6 Å². The third kappa shape index (κ3) is 4.06. The number of carbonyl (C=O) groups excluding carboxylic acids is 2. The second-order valence-corrected chi connectivity index (χ2v) is 7.18. The molecule has 2 N–H and O–H groups in total. The number of nitrogens with one attached hydrogen (secondary N) is 1. The maximum absolute atomic E-state index is 12.5. The summed E-state index contributed by atoms with van der Waals surface area (Å²) >= 11 is 5.87. The average molecular weight is 373 g/mol. The second-order valence-electron chi connectivity index (χ2n) is 6.74. The van der Waals surface area contributed by atoms with E-state index in [1.54, 1.807) is 36.1 Å². The molecule has 0 aliphatic carbocycles. The van der Waals surface area contributed by atoms with E-state index in [4.69, 9.17) is 11.6 Å². The first kappa shape index (κ1) is 18.4. The lowest BCUT2D eigenvalue weighted by Crippen LogP contribution is -2.41. The van der Waals surface area contributed by atoms with E-state index in [0.717, 1.165) is 5.69 Å². The van der Waals surface area contributed by atoms with Crippen LogP contribution in [0.2, 0.25) is 5.02 Å². The zero-order valence-electron chi connectivity index (χ0n) is 14.5. The van der Waals surface area contributed by atoms with Crippen molar-refractivity contribution in [3.63, 3.8) is 0 Å². The van der Waals surface area contributed by atoms with Crippen LogP contribution in [0.4, 0.5) is 5.69 Å². The van der Waals surface area contributed by atoms with Gasteiger partial charge in [-0.05, 0) is 36.8 Å². The number of hydrogen-bond donors (Lipinski definition) is 2. The standard InChI is InChI=1S/C20H21ClN2O3/c1-20(26,15-7-9-16(21)10-8-15)13-22-19(25)14-11-18(24)23(12-14)17-5-3-2-4-6-17/h2-10,14,26H,11-13H2,1H3,(H,22,25). The first-order valence-corrected chi connectivity index (χ1v) is 8.86. The summed E-state index contributed by atoms with van der Waals surface area (Å²) in [6.45, 7) is 2.04. The number of para-hydroxylation sites is 1. The Hall–Kier alpha value is -2.37. The summed E-state index contributed by atoms with van der Waals surface area (Å²) in [5, 5.41) is 14.0. The summed E-state index contributed by atoms with van der Waals surface area (Å²) < 4.78 is 0. The minimum Gasteiger partial charge on any atom is -0.384 e. The van der Waals surface area contributed by atoms with Crippen LogP contribution in [0.3, 0.4) is 0 Å². The number of benzene rings is 2. The molecule has 2 atom stereocenters. The van der Waals surface area contributed by atoms with E-state index in [-0.39, 0.29) is 24.8 Å². The molecule has 6 heteroatoms. The number of amides is 2. The fourth-order valence-electron chi connectivity index (χ4n) is 3.06. The Morgan fingerprint density at radius 1 is 1.23 bits per heavy atom. The Balaban J connectivity index is 1.60. The predicted octanol–water partition coefficient (Wildman–Crippen LogP) is 2.72. The van der Waals surface area contributed by atoms with Gasteiger partial charge in [0, 0.05) is 23.7 Å². The normalized spacial score (nSPS) is 19.3. The fourth-order valence-corrected chi connectivity index (χ4v) is 3.18. The molecule has 2 aromatic rings. The smallest absolute Gasteiger partial charge is 0.227 e. The van der Waals surface area contributed by atoms with E-state index >= 15 is 0 Å². The van der Waals surface area contributed by atoms with Crippen LogP contribution in [0.25, 0.3) is 0 Å². The van der Waals surface area contributed by atoms with Crippen LogP contribution in [0, 0.1) is 5.92 Å². The van der Waals surface area contributed by atoms with Crippen molar-refractivity contribution in [2.75, 3.05) is 18.0 Å². The summed E-state index contributed by atoms with van der Waals surface area (Å²) in [5.41, 5.74) is 0.235. The van der Waals surface area contributed by atoms with Crippen LogP contribution < -0.4 is 10.2 Å². The average Bonchev–Trinajstić information content (AvgIpc) is 3.03. The second kappa shape index (κ2) is 7.48. The van der Waals surface area contributed by atoms with Gasteiger partial charge in [0.25, 0.3) is 0 Å². The Morgan fingerprint density at radius 2 is 1.88 bits per heavy atom. The van der Waals surface area contributed by atoms with Crippen LogP contribution in [-0.4, -0.2) is 30.0 Å². The van der Waals surface area contributed by atoms with Gasteiger partial charge in [-0.25, -0.2) is 0 Å². The lowest BCUT2D eigenvalue weighted by molar-refractivity contribution is -0.127. The third-order valence-corrected chi connectivity index (χ3v) is 4.89. The van der Waals surface area contributed by atoms with Gasteiger partial charge in [0.15, 0.2) is 0 Å². The number of anilines is 1. The van der Waals surface area contributed by atoms with E-state index in [1.807, 2.05) is 30.3 Å². The summed E-state index contributed by atoms with van der Waals surface area (Å²) in [6.07, 6.45) is 0.170. The molecule has 3 rings (SSSR count). The van der Waals surface area contributed by atoms with Gasteiger partial charge in [0.05, 0.1) is 12.5 Å². The lowest BCUT2D eigenvalue weighted by Gasteiger charge is -2.25. The molecular formula is C20H21ClN2O3. The van der Waals surface area contributed by atoms with Crippen molar-refractivity contribution in [2.24, 2.45) is 5.92 Å². The molecule has 1 fully saturated rings. The van der Waals surface area contributed by atoms with E-state index < -0.39 is 11.5 Å². The first-order chi connectivity index (χ1) is 12.4. The molecule has 1 saturated heterocycles. The minimum atomic E-state index is -1.22. The maximum atomic E-state index is 12.5. The summed E-state index contributed by atoms with van der Waals surface area (Å²) in [7, 11) is 0. The van der Waals surface area contributed by atoms with Gasteiger partial charge < -0.3 is 15.3 Å². The van der Waals surface area contributed by atoms with Crippen molar-refractivity contribution < 1.29 is 14.7 Å². The highest BCUT2D eigenvalue weighted by molar-refractivity contribution is 6.30. The molecule has 1 aliphatic rings. The van der Waals surface area contributed by atoms with Crippen LogP contribution in [0.15, 0.2) is 54.6 Å². The van der Waals surface area contributed by atoms with E-state index in [1.165, 1.54) is 0 Å². The summed E-state index contributed by atoms with van der Waals surface area (Å²) in [6, 6.07) is 16.1. The van der Waals surface area contributed by atoms with Gasteiger partial charge in [-0.1, -0.05) is 41.9 Å². The van der Waals surface area contributed by atoms with Gasteiger partial charge in [0.2, 0.25) is 11.8 Å². The summed E-state index contributed by atoms with van der Waals surface area (Å²) in [5.74, 6) is -0.726. The molecular weight excluding hydrogens is 352 g/mol. The number of hydrogen-bond acceptors (Lipinski definition) is 3. The Labute approximate surface area is 157 Å². The number of nitrogens with zero attached hydrogens (tertiary/aromatic N) is 1. The molecule has 2 aromatic carbocycles. The molecule has 0 saturated carbocycles. The highest BCUT2D eigenvalue weighted by Gasteiger charge is 2.36. The molecule has 1 heterocycles. The van der Waals surface area contributed by atoms with Crippen molar-refractivity contribution in [1.29, 1.82) is 0 Å². The van der Waals surface area contributed by atoms with Crippen LogP contribution in [0.5, 0.6) is 0 Å². The molecule has 2 unspecified atom stereocenters. The third-order valence-electron chi connectivity index (χ3n) is 4.64. The molecule has 0 aromatic heterocycles. The van der Waals surface area contributed by atoms with E-state index in [9.17, 15) is 14.7 Å².